The van der Waals surface area contributed by atoms with Gasteiger partial charge in [-0.1, -0.05) is 54.4 Å². The van der Waals surface area contributed by atoms with Crippen LogP contribution in [0.25, 0.3) is 0 Å². The maximum atomic E-state index is 2.53. The fraction of sp³-hybridized carbons (Fsp3) is 1.00. The summed E-state index contributed by atoms with van der Waals surface area (Å²) in [7, 11) is 0. The van der Waals surface area contributed by atoms with Gasteiger partial charge in [0.25, 0.3) is 0 Å². The molecule has 8 unspecified atom stereocenters. The van der Waals surface area contributed by atoms with Crippen molar-refractivity contribution in [1.29, 1.82) is 0 Å². The van der Waals surface area contributed by atoms with Crippen LogP contribution >= 0.6 is 0 Å². The van der Waals surface area contributed by atoms with Gasteiger partial charge in [0.2, 0.25) is 0 Å². The van der Waals surface area contributed by atoms with Crippen molar-refractivity contribution in [1.82, 2.24) is 0 Å². The zero-order chi connectivity index (χ0) is 14.2. The van der Waals surface area contributed by atoms with E-state index in [0.29, 0.717) is 0 Å². The predicted molar refractivity (Wildman–Crippen MR) is 85.0 cm³/mol. The zero-order valence-electron chi connectivity index (χ0n) is 14.2. The number of hydrogen-bond donors (Lipinski definition) is 0. The highest BCUT2D eigenvalue weighted by Gasteiger charge is 2.37. The maximum absolute atomic E-state index is 2.53. The Morgan fingerprint density at radius 1 is 0.684 bits per heavy atom. The van der Waals surface area contributed by atoms with Crippen molar-refractivity contribution in [2.45, 2.75) is 73.6 Å². The summed E-state index contributed by atoms with van der Waals surface area (Å²) in [6.45, 7) is 15.0. The largest absolute Gasteiger partial charge is 0.0625 e. The first-order valence-corrected chi connectivity index (χ1v) is 8.90. The Balaban J connectivity index is 2.01. The van der Waals surface area contributed by atoms with Crippen molar-refractivity contribution < 1.29 is 0 Å². The Hall–Kier alpha value is 0. The van der Waals surface area contributed by atoms with Crippen LogP contribution in [-0.4, -0.2) is 0 Å². The second kappa shape index (κ2) is 6.19. The van der Waals surface area contributed by atoms with Crippen LogP contribution in [0.4, 0.5) is 0 Å². The second-order valence-electron chi connectivity index (χ2n) is 8.46. The van der Waals surface area contributed by atoms with Gasteiger partial charge in [0, 0.05) is 0 Å². The van der Waals surface area contributed by atoms with Gasteiger partial charge < -0.3 is 0 Å². The van der Waals surface area contributed by atoms with E-state index in [1.165, 1.54) is 32.1 Å². The molecule has 2 fully saturated rings. The molecule has 0 radical (unpaired) electrons. The Kier molecular flexibility index (Phi) is 5.01. The van der Waals surface area contributed by atoms with E-state index in [-0.39, 0.29) is 0 Å². The van der Waals surface area contributed by atoms with Crippen LogP contribution in [0.1, 0.15) is 73.6 Å². The van der Waals surface area contributed by atoms with Crippen LogP contribution in [0.3, 0.4) is 0 Å². The summed E-state index contributed by atoms with van der Waals surface area (Å²) < 4.78 is 0. The molecule has 0 amide bonds. The molecule has 0 saturated heterocycles. The van der Waals surface area contributed by atoms with Gasteiger partial charge in [-0.05, 0) is 66.6 Å². The quantitative estimate of drug-likeness (QED) is 0.572. The van der Waals surface area contributed by atoms with Crippen molar-refractivity contribution in [3.05, 3.63) is 0 Å². The molecule has 2 aliphatic rings. The van der Waals surface area contributed by atoms with Gasteiger partial charge in [-0.3, -0.25) is 0 Å². The molecule has 0 spiro atoms. The van der Waals surface area contributed by atoms with Gasteiger partial charge in [-0.15, -0.1) is 0 Å². The summed E-state index contributed by atoms with van der Waals surface area (Å²) in [5.74, 6) is 7.72. The highest BCUT2D eigenvalue weighted by atomic mass is 14.4. The Morgan fingerprint density at radius 2 is 1.32 bits per heavy atom. The fourth-order valence-electron chi connectivity index (χ4n) is 5.19. The first-order valence-electron chi connectivity index (χ1n) is 8.90. The van der Waals surface area contributed by atoms with Crippen LogP contribution in [0, 0.1) is 47.3 Å². The molecule has 0 heteroatoms. The van der Waals surface area contributed by atoms with Crippen LogP contribution in [0.15, 0.2) is 0 Å². The minimum absolute atomic E-state index is 0.945. The molecule has 2 rings (SSSR count). The van der Waals surface area contributed by atoms with Gasteiger partial charge in [0.15, 0.2) is 0 Å². The molecular weight excluding hydrogens is 228 g/mol. The topological polar surface area (TPSA) is 0 Å². The first kappa shape index (κ1) is 15.4. The molecule has 2 saturated carbocycles. The Labute approximate surface area is 121 Å². The highest BCUT2D eigenvalue weighted by molar-refractivity contribution is 4.87. The molecule has 0 aromatic carbocycles. The Bertz CT molecular complexity index is 282. The van der Waals surface area contributed by atoms with Crippen LogP contribution in [0.5, 0.6) is 0 Å². The standard InChI is InChI=1S/C19H36/c1-12-9-15(4)16(5)18(10-12)11-19-14(3)8-7-13(2)17(19)6/h12-19H,7-11H2,1-6H3. The lowest BCUT2D eigenvalue weighted by Crippen LogP contribution is -2.36. The summed E-state index contributed by atoms with van der Waals surface area (Å²) in [5, 5.41) is 0. The van der Waals surface area contributed by atoms with E-state index in [1.54, 1.807) is 0 Å². The summed E-state index contributed by atoms with van der Waals surface area (Å²) in [5.41, 5.74) is 0. The first-order chi connectivity index (χ1) is 8.90. The molecule has 8 atom stereocenters. The molecular formula is C19H36. The van der Waals surface area contributed by atoms with E-state index in [0.717, 1.165) is 47.3 Å². The SMILES string of the molecule is CC1CC(C)C(C)C(CC2C(C)CCC(C)C2C)C1. The number of rotatable bonds is 2. The third-order valence-electron chi connectivity index (χ3n) is 7.08. The van der Waals surface area contributed by atoms with E-state index < -0.39 is 0 Å². The third-order valence-corrected chi connectivity index (χ3v) is 7.08. The molecule has 2 aliphatic carbocycles. The van der Waals surface area contributed by atoms with E-state index in [4.69, 9.17) is 0 Å². The summed E-state index contributed by atoms with van der Waals surface area (Å²) >= 11 is 0. The second-order valence-corrected chi connectivity index (χ2v) is 8.46. The zero-order valence-corrected chi connectivity index (χ0v) is 14.2. The van der Waals surface area contributed by atoms with Gasteiger partial charge in [-0.25, -0.2) is 0 Å². The summed E-state index contributed by atoms with van der Waals surface area (Å²) in [4.78, 5) is 0. The van der Waals surface area contributed by atoms with Crippen molar-refractivity contribution in [2.75, 3.05) is 0 Å². The smallest absolute Gasteiger partial charge is 0.0357 e. The normalized spacial score (nSPS) is 52.1. The van der Waals surface area contributed by atoms with Crippen LogP contribution in [0.2, 0.25) is 0 Å². The average molecular weight is 264 g/mol. The number of hydrogen-bond acceptors (Lipinski definition) is 0. The van der Waals surface area contributed by atoms with Crippen molar-refractivity contribution in [3.63, 3.8) is 0 Å². The van der Waals surface area contributed by atoms with E-state index in [2.05, 4.69) is 41.5 Å². The summed E-state index contributed by atoms with van der Waals surface area (Å²) in [6.07, 6.45) is 7.41. The van der Waals surface area contributed by atoms with Crippen LogP contribution < -0.4 is 0 Å². The molecule has 0 aromatic rings. The van der Waals surface area contributed by atoms with E-state index in [9.17, 15) is 0 Å². The minimum atomic E-state index is 0.945. The van der Waals surface area contributed by atoms with Crippen molar-refractivity contribution >= 4 is 0 Å². The van der Waals surface area contributed by atoms with Crippen molar-refractivity contribution in [3.8, 4) is 0 Å². The van der Waals surface area contributed by atoms with Gasteiger partial charge >= 0.3 is 0 Å². The van der Waals surface area contributed by atoms with Gasteiger partial charge in [0.05, 0.1) is 0 Å². The predicted octanol–water partition coefficient (Wildman–Crippen LogP) is 6.01. The molecule has 0 nitrogen and oxygen atoms in total. The lowest BCUT2D eigenvalue weighted by atomic mass is 9.61. The summed E-state index contributed by atoms with van der Waals surface area (Å²) in [6, 6.07) is 0. The van der Waals surface area contributed by atoms with E-state index >= 15 is 0 Å². The molecule has 0 N–H and O–H groups in total. The van der Waals surface area contributed by atoms with Crippen molar-refractivity contribution in [2.24, 2.45) is 47.3 Å². The highest BCUT2D eigenvalue weighted by Crippen LogP contribution is 2.47. The molecule has 19 heavy (non-hydrogen) atoms. The lowest BCUT2D eigenvalue weighted by molar-refractivity contribution is 0.0520. The molecule has 0 heterocycles. The average Bonchev–Trinajstić information content (AvgIpc) is 2.35. The molecule has 0 bridgehead atoms. The minimum Gasteiger partial charge on any atom is -0.0625 e. The molecule has 0 aliphatic heterocycles. The van der Waals surface area contributed by atoms with Crippen LogP contribution in [-0.2, 0) is 0 Å². The lowest BCUT2D eigenvalue weighted by Gasteiger charge is -2.45. The van der Waals surface area contributed by atoms with Gasteiger partial charge in [0.1, 0.15) is 0 Å². The maximum Gasteiger partial charge on any atom is -0.0357 e. The Morgan fingerprint density at radius 3 is 2.00 bits per heavy atom. The monoisotopic (exact) mass is 264 g/mol. The van der Waals surface area contributed by atoms with E-state index in [1.807, 2.05) is 0 Å². The molecule has 112 valence electrons. The molecule has 0 aromatic heterocycles. The van der Waals surface area contributed by atoms with Gasteiger partial charge in [-0.2, -0.15) is 0 Å². The third kappa shape index (κ3) is 3.37. The fourth-order valence-corrected chi connectivity index (χ4v) is 5.19.